The average molecular weight is 533 g/mol. The van der Waals surface area contributed by atoms with E-state index in [1.807, 2.05) is 12.2 Å². The zero-order valence-electron chi connectivity index (χ0n) is 23.8. The van der Waals surface area contributed by atoms with Crippen LogP contribution in [0.4, 0.5) is 0 Å². The summed E-state index contributed by atoms with van der Waals surface area (Å²) in [5.74, 6) is -0.565. The normalized spacial score (nSPS) is 49.2. The van der Waals surface area contributed by atoms with Gasteiger partial charge in [0.2, 0.25) is 0 Å². The molecule has 212 valence electrons. The number of cyclic esters (lactones) is 2. The molecule has 0 radical (unpaired) electrons. The van der Waals surface area contributed by atoms with Crippen LogP contribution < -0.4 is 0 Å². The molecule has 0 aliphatic carbocycles. The van der Waals surface area contributed by atoms with Crippen molar-refractivity contribution in [2.24, 2.45) is 0 Å². The van der Waals surface area contributed by atoms with Crippen LogP contribution in [-0.4, -0.2) is 72.0 Å². The van der Waals surface area contributed by atoms with Gasteiger partial charge in [0.1, 0.15) is 25.4 Å². The topological polar surface area (TPSA) is 103 Å². The highest BCUT2D eigenvalue weighted by Crippen LogP contribution is 2.49. The Labute approximate surface area is 226 Å². The summed E-state index contributed by atoms with van der Waals surface area (Å²) in [6.45, 7) is 12.5. The first-order valence-corrected chi connectivity index (χ1v) is 14.2. The van der Waals surface area contributed by atoms with E-state index in [4.69, 9.17) is 28.4 Å². The summed E-state index contributed by atoms with van der Waals surface area (Å²) < 4.78 is 34.9. The van der Waals surface area contributed by atoms with Gasteiger partial charge in [-0.1, -0.05) is 12.2 Å². The highest BCUT2D eigenvalue weighted by atomic mass is 16.6. The minimum Gasteiger partial charge on any atom is -0.459 e. The number of allylic oxidation sites excluding steroid dienone is 2. The summed E-state index contributed by atoms with van der Waals surface area (Å²) in [7, 11) is 0. The molecule has 0 spiro atoms. The molecule has 0 aromatic rings. The number of esters is 2. The van der Waals surface area contributed by atoms with Crippen LogP contribution in [0.2, 0.25) is 0 Å². The highest BCUT2D eigenvalue weighted by Gasteiger charge is 2.58. The van der Waals surface area contributed by atoms with Gasteiger partial charge in [-0.2, -0.15) is 0 Å². The molecule has 8 heteroatoms. The molecule has 0 aromatic heterocycles. The third kappa shape index (κ3) is 6.19. The predicted molar refractivity (Wildman–Crippen MR) is 139 cm³/mol. The van der Waals surface area contributed by atoms with Gasteiger partial charge in [0, 0.05) is 11.1 Å². The Morgan fingerprint density at radius 3 is 1.32 bits per heavy atom. The maximum atomic E-state index is 12.5. The number of hydrogen-bond acceptors (Lipinski definition) is 8. The maximum absolute atomic E-state index is 12.5. The van der Waals surface area contributed by atoms with Gasteiger partial charge in [0.25, 0.3) is 0 Å². The van der Waals surface area contributed by atoms with Gasteiger partial charge in [-0.15, -0.1) is 0 Å². The van der Waals surface area contributed by atoms with Crippen LogP contribution in [0.3, 0.4) is 0 Å². The lowest BCUT2D eigenvalue weighted by Gasteiger charge is -2.09. The van der Waals surface area contributed by atoms with E-state index in [-0.39, 0.29) is 72.0 Å². The van der Waals surface area contributed by atoms with Crippen molar-refractivity contribution in [3.8, 4) is 0 Å². The highest BCUT2D eigenvalue weighted by molar-refractivity contribution is 5.88. The van der Waals surface area contributed by atoms with Crippen LogP contribution in [0, 0.1) is 0 Å². The monoisotopic (exact) mass is 532 g/mol. The predicted octanol–water partition coefficient (Wildman–Crippen LogP) is 4.73. The maximum Gasteiger partial charge on any atom is 0.333 e. The number of fused-ring (bicyclic) bond motifs is 4. The number of carbonyl (C=O) groups is 2. The van der Waals surface area contributed by atoms with Gasteiger partial charge < -0.3 is 28.4 Å². The minimum atomic E-state index is -0.283. The van der Waals surface area contributed by atoms with Crippen molar-refractivity contribution in [2.45, 2.75) is 140 Å². The molecule has 0 bridgehead atoms. The number of ether oxygens (including phenoxy) is 6. The average Bonchev–Trinajstić information content (AvgIpc) is 3.80. The molecular formula is C30H44O8. The summed E-state index contributed by atoms with van der Waals surface area (Å²) in [6.07, 6.45) is 10.8. The zero-order chi connectivity index (χ0) is 27.3. The van der Waals surface area contributed by atoms with E-state index in [2.05, 4.69) is 27.7 Å². The number of rotatable bonds is 0. The summed E-state index contributed by atoms with van der Waals surface area (Å²) in [6, 6.07) is 0. The molecule has 4 fully saturated rings. The van der Waals surface area contributed by atoms with Gasteiger partial charge in [-0.25, -0.2) is 9.59 Å². The second-order valence-corrected chi connectivity index (χ2v) is 12.8. The molecule has 8 nitrogen and oxygen atoms in total. The second-order valence-electron chi connectivity index (χ2n) is 12.8. The summed E-state index contributed by atoms with van der Waals surface area (Å²) in [5, 5.41) is 0. The molecule has 4 saturated heterocycles. The van der Waals surface area contributed by atoms with E-state index >= 15 is 0 Å². The third-order valence-electron chi connectivity index (χ3n) is 9.51. The van der Waals surface area contributed by atoms with Crippen LogP contribution in [0.15, 0.2) is 23.3 Å². The fraction of sp³-hybridized carbons (Fsp3) is 0.800. The Hall–Kier alpha value is -1.74. The second kappa shape index (κ2) is 10.0. The molecule has 38 heavy (non-hydrogen) atoms. The van der Waals surface area contributed by atoms with E-state index in [1.165, 1.54) is 0 Å². The third-order valence-corrected chi connectivity index (χ3v) is 9.51. The molecule has 8 atom stereocenters. The number of hydrogen-bond donors (Lipinski definition) is 0. The van der Waals surface area contributed by atoms with Gasteiger partial charge in [0.15, 0.2) is 0 Å². The van der Waals surface area contributed by atoms with E-state index in [1.54, 1.807) is 13.8 Å². The quantitative estimate of drug-likeness (QED) is 0.326. The van der Waals surface area contributed by atoms with Crippen molar-refractivity contribution in [1.82, 2.24) is 0 Å². The molecule has 5 aliphatic heterocycles. The Morgan fingerprint density at radius 2 is 0.921 bits per heavy atom. The van der Waals surface area contributed by atoms with Crippen molar-refractivity contribution >= 4 is 11.9 Å². The molecular weight excluding hydrogens is 488 g/mol. The van der Waals surface area contributed by atoms with Crippen LogP contribution in [0.25, 0.3) is 0 Å². The van der Waals surface area contributed by atoms with Gasteiger partial charge in [-0.3, -0.25) is 0 Å². The van der Waals surface area contributed by atoms with Gasteiger partial charge >= 0.3 is 11.9 Å². The Kier molecular flexibility index (Phi) is 7.34. The fourth-order valence-corrected chi connectivity index (χ4v) is 5.88. The lowest BCUT2D eigenvalue weighted by molar-refractivity contribution is -0.140. The Morgan fingerprint density at radius 1 is 0.579 bits per heavy atom. The van der Waals surface area contributed by atoms with Crippen LogP contribution in [0.1, 0.15) is 92.9 Å². The van der Waals surface area contributed by atoms with Crippen molar-refractivity contribution in [3.63, 3.8) is 0 Å². The smallest absolute Gasteiger partial charge is 0.333 e. The molecule has 0 aromatic carbocycles. The van der Waals surface area contributed by atoms with Crippen molar-refractivity contribution < 1.29 is 38.0 Å². The Balaban J connectivity index is 1.17. The van der Waals surface area contributed by atoms with Crippen LogP contribution in [-0.2, 0) is 38.0 Å². The van der Waals surface area contributed by atoms with E-state index in [0.717, 1.165) is 51.4 Å². The largest absolute Gasteiger partial charge is 0.459 e. The molecule has 0 saturated carbocycles. The minimum absolute atomic E-state index is 0.0733. The molecule has 5 aliphatic rings. The molecule has 5 heterocycles. The lowest BCUT2D eigenvalue weighted by Crippen LogP contribution is -2.19. The van der Waals surface area contributed by atoms with E-state index < -0.39 is 0 Å². The molecule has 0 amide bonds. The van der Waals surface area contributed by atoms with Crippen molar-refractivity contribution in [1.29, 1.82) is 0 Å². The standard InChI is InChI=1S/C30H44O8/c1-19-9-7-13-27(3)21(35-27)11-16-30(6)24(38-30)18-34-26(32)20(2)10-8-14-28(4)22(36-28)12-15-29(5)23(37-29)17-33-25(19)31/h9-10,21-24H,7-8,11-18H2,1-6H3/b19-9+,20-10+/t21-,22+,23-,24+,27-,28+,29-,30+. The zero-order valence-corrected chi connectivity index (χ0v) is 23.8. The molecule has 5 rings (SSSR count). The van der Waals surface area contributed by atoms with E-state index in [0.29, 0.717) is 11.1 Å². The van der Waals surface area contributed by atoms with Gasteiger partial charge in [-0.05, 0) is 92.9 Å². The Bertz CT molecular complexity index is 940. The first kappa shape index (κ1) is 27.8. The molecule has 0 unspecified atom stereocenters. The van der Waals surface area contributed by atoms with Crippen molar-refractivity contribution in [3.05, 3.63) is 23.3 Å². The first-order valence-electron chi connectivity index (χ1n) is 14.2. The van der Waals surface area contributed by atoms with Crippen LogP contribution in [0.5, 0.6) is 0 Å². The SMILES string of the molecule is C/C1=C\CC[C@]2(C)O[C@H]2CC[C@@]2(C)O[C@@H]2COC(=O)/C(C)=C/CC[C@@]2(C)O[C@@H]2CC[C@]2(C)O[C@H]2COC1=O. The van der Waals surface area contributed by atoms with Crippen molar-refractivity contribution in [2.75, 3.05) is 13.2 Å². The first-order chi connectivity index (χ1) is 17.9. The van der Waals surface area contributed by atoms with E-state index in [9.17, 15) is 9.59 Å². The number of carbonyl (C=O) groups excluding carboxylic acids is 2. The molecule has 0 N–H and O–H groups in total. The fourth-order valence-electron chi connectivity index (χ4n) is 5.88. The number of epoxide rings is 4. The summed E-state index contributed by atoms with van der Waals surface area (Å²) in [5.41, 5.74) is 0.348. The summed E-state index contributed by atoms with van der Waals surface area (Å²) in [4.78, 5) is 25.0. The lowest BCUT2D eigenvalue weighted by atomic mass is 9.93. The van der Waals surface area contributed by atoms with Crippen LogP contribution >= 0.6 is 0 Å². The van der Waals surface area contributed by atoms with Gasteiger partial charge in [0.05, 0.1) is 34.6 Å². The summed E-state index contributed by atoms with van der Waals surface area (Å²) >= 11 is 0.